The smallest absolute Gasteiger partial charge is 0.315 e. The van der Waals surface area contributed by atoms with Crippen molar-refractivity contribution in [1.82, 2.24) is 20.3 Å². The third kappa shape index (κ3) is 5.76. The van der Waals surface area contributed by atoms with Crippen molar-refractivity contribution < 1.29 is 13.2 Å². The molecular weight excluding hydrogens is 328 g/mol. The Morgan fingerprint density at radius 3 is 2.46 bits per heavy atom. The lowest BCUT2D eigenvalue weighted by Gasteiger charge is -2.32. The van der Waals surface area contributed by atoms with Gasteiger partial charge in [-0.15, -0.1) is 0 Å². The molecule has 1 saturated carbocycles. The molecule has 2 amide bonds. The van der Waals surface area contributed by atoms with Gasteiger partial charge in [0, 0.05) is 24.5 Å². The van der Waals surface area contributed by atoms with Gasteiger partial charge < -0.3 is 10.6 Å². The van der Waals surface area contributed by atoms with E-state index in [1.807, 2.05) is 19.1 Å². The molecule has 3 atom stereocenters. The average Bonchev–Trinajstić information content (AvgIpc) is 2.54. The Hall–Kier alpha value is -1.67. The van der Waals surface area contributed by atoms with E-state index in [-0.39, 0.29) is 24.2 Å². The fourth-order valence-corrected chi connectivity index (χ4v) is 3.94. The number of hydrogen-bond acceptors (Lipinski definition) is 4. The van der Waals surface area contributed by atoms with E-state index >= 15 is 0 Å². The van der Waals surface area contributed by atoms with E-state index in [2.05, 4.69) is 20.3 Å². The molecule has 1 aliphatic rings. The average molecular weight is 354 g/mol. The van der Waals surface area contributed by atoms with E-state index in [9.17, 15) is 13.2 Å². The second-order valence-electron chi connectivity index (χ2n) is 6.25. The molecule has 0 radical (unpaired) electrons. The lowest BCUT2D eigenvalue weighted by atomic mass is 9.91. The maximum atomic E-state index is 12.3. The molecule has 7 nitrogen and oxygen atoms in total. The number of urea groups is 1. The molecule has 0 spiro atoms. The van der Waals surface area contributed by atoms with Crippen LogP contribution in [0.15, 0.2) is 24.5 Å². The predicted molar refractivity (Wildman–Crippen MR) is 93.0 cm³/mol. The van der Waals surface area contributed by atoms with Crippen LogP contribution in [-0.4, -0.2) is 37.8 Å². The molecule has 0 saturated heterocycles. The van der Waals surface area contributed by atoms with Gasteiger partial charge in [-0.2, -0.15) is 0 Å². The van der Waals surface area contributed by atoms with E-state index in [0.717, 1.165) is 43.9 Å². The maximum absolute atomic E-state index is 12.3. The summed E-state index contributed by atoms with van der Waals surface area (Å²) in [5.41, 5.74) is 0.997. The first-order chi connectivity index (χ1) is 11.4. The van der Waals surface area contributed by atoms with Crippen LogP contribution in [0.1, 0.15) is 50.6 Å². The zero-order valence-corrected chi connectivity index (χ0v) is 15.0. The lowest BCUT2D eigenvalue weighted by Crippen LogP contribution is -2.55. The summed E-state index contributed by atoms with van der Waals surface area (Å²) < 4.78 is 25.6. The topological polar surface area (TPSA) is 100 Å². The van der Waals surface area contributed by atoms with Crippen LogP contribution in [0.2, 0.25) is 0 Å². The minimum absolute atomic E-state index is 0.0992. The number of pyridine rings is 1. The Morgan fingerprint density at radius 2 is 1.88 bits per heavy atom. The van der Waals surface area contributed by atoms with E-state index in [0.29, 0.717) is 0 Å². The summed E-state index contributed by atoms with van der Waals surface area (Å²) in [6.45, 7) is 2.00. The van der Waals surface area contributed by atoms with Crippen molar-refractivity contribution in [1.29, 1.82) is 0 Å². The molecule has 24 heavy (non-hydrogen) atoms. The molecule has 0 unspecified atom stereocenters. The number of sulfonamides is 1. The highest BCUT2D eigenvalue weighted by atomic mass is 32.2. The first kappa shape index (κ1) is 18.7. The first-order valence-electron chi connectivity index (χ1n) is 8.33. The molecule has 0 aromatic carbocycles. The summed E-state index contributed by atoms with van der Waals surface area (Å²) >= 11 is 0. The van der Waals surface area contributed by atoms with Crippen LogP contribution in [-0.2, 0) is 10.0 Å². The van der Waals surface area contributed by atoms with Gasteiger partial charge in [-0.3, -0.25) is 4.98 Å². The van der Waals surface area contributed by atoms with Crippen molar-refractivity contribution in [3.8, 4) is 0 Å². The Bertz CT molecular complexity index is 636. The summed E-state index contributed by atoms with van der Waals surface area (Å²) in [5.74, 6) is 0. The van der Waals surface area contributed by atoms with Crippen LogP contribution in [0.3, 0.4) is 0 Å². The molecular formula is C16H26N4O3S. The molecule has 1 aromatic heterocycles. The summed E-state index contributed by atoms with van der Waals surface area (Å²) in [6, 6.07) is 2.94. The first-order valence-corrected chi connectivity index (χ1v) is 10.2. The molecule has 2 rings (SSSR count). The van der Waals surface area contributed by atoms with Crippen molar-refractivity contribution in [2.75, 3.05) is 6.26 Å². The van der Waals surface area contributed by atoms with Crippen LogP contribution >= 0.6 is 0 Å². The van der Waals surface area contributed by atoms with Gasteiger partial charge in [0.25, 0.3) is 0 Å². The van der Waals surface area contributed by atoms with Gasteiger partial charge >= 0.3 is 6.03 Å². The quantitative estimate of drug-likeness (QED) is 0.724. The second kappa shape index (κ2) is 8.43. The monoisotopic (exact) mass is 354 g/mol. The molecule has 134 valence electrons. The van der Waals surface area contributed by atoms with Crippen LogP contribution in [0, 0.1) is 0 Å². The molecule has 1 fully saturated rings. The minimum Gasteiger partial charge on any atom is -0.334 e. The van der Waals surface area contributed by atoms with Gasteiger partial charge in [-0.25, -0.2) is 17.9 Å². The number of carbonyl (C=O) groups excluding carboxylic acids is 1. The Labute approximate surface area is 143 Å². The summed E-state index contributed by atoms with van der Waals surface area (Å²) in [5, 5.41) is 5.89. The van der Waals surface area contributed by atoms with Gasteiger partial charge in [0.1, 0.15) is 0 Å². The van der Waals surface area contributed by atoms with Crippen molar-refractivity contribution in [3.05, 3.63) is 30.1 Å². The van der Waals surface area contributed by atoms with Crippen LogP contribution in [0.4, 0.5) is 4.79 Å². The highest BCUT2D eigenvalue weighted by Crippen LogP contribution is 2.20. The minimum atomic E-state index is -3.29. The number of carbonyl (C=O) groups is 1. The standard InChI is InChI=1S/C16H26N4O3S/c1-3-13(12-8-10-17-11-9-12)18-16(21)19-14-6-4-5-7-15(14)20-24(2,22)23/h8-11,13-15,20H,3-7H2,1-2H3,(H2,18,19,21)/t13-,14-,15-/m0/s1. The number of nitrogens with one attached hydrogen (secondary N) is 3. The molecule has 1 aromatic rings. The van der Waals surface area contributed by atoms with Crippen LogP contribution < -0.4 is 15.4 Å². The van der Waals surface area contributed by atoms with Gasteiger partial charge in [-0.1, -0.05) is 19.8 Å². The Kier molecular flexibility index (Phi) is 6.56. The lowest BCUT2D eigenvalue weighted by molar-refractivity contribution is 0.223. The third-order valence-corrected chi connectivity index (χ3v) is 5.00. The third-order valence-electron chi connectivity index (χ3n) is 4.27. The number of rotatable bonds is 6. The summed E-state index contributed by atoms with van der Waals surface area (Å²) in [4.78, 5) is 16.3. The maximum Gasteiger partial charge on any atom is 0.315 e. The molecule has 3 N–H and O–H groups in total. The Morgan fingerprint density at radius 1 is 1.25 bits per heavy atom. The molecule has 0 aliphatic heterocycles. The highest BCUT2D eigenvalue weighted by molar-refractivity contribution is 7.88. The van der Waals surface area contributed by atoms with Crippen molar-refractivity contribution >= 4 is 16.1 Å². The molecule has 1 heterocycles. The zero-order valence-electron chi connectivity index (χ0n) is 14.2. The fraction of sp³-hybridized carbons (Fsp3) is 0.625. The van der Waals surface area contributed by atoms with Gasteiger partial charge in [-0.05, 0) is 37.0 Å². The normalized spacial score (nSPS) is 22.6. The van der Waals surface area contributed by atoms with Gasteiger partial charge in [0.05, 0.1) is 12.3 Å². The number of amides is 2. The van der Waals surface area contributed by atoms with Crippen molar-refractivity contribution in [3.63, 3.8) is 0 Å². The van der Waals surface area contributed by atoms with E-state index < -0.39 is 10.0 Å². The van der Waals surface area contributed by atoms with E-state index in [1.54, 1.807) is 12.4 Å². The Balaban J connectivity index is 1.96. The van der Waals surface area contributed by atoms with Crippen LogP contribution in [0.5, 0.6) is 0 Å². The number of nitrogens with zero attached hydrogens (tertiary/aromatic N) is 1. The zero-order chi connectivity index (χ0) is 17.6. The fourth-order valence-electron chi connectivity index (χ4n) is 3.10. The number of aromatic nitrogens is 1. The van der Waals surface area contributed by atoms with E-state index in [1.165, 1.54) is 0 Å². The highest BCUT2D eigenvalue weighted by Gasteiger charge is 2.29. The van der Waals surface area contributed by atoms with Crippen molar-refractivity contribution in [2.45, 2.75) is 57.2 Å². The molecule has 0 bridgehead atoms. The van der Waals surface area contributed by atoms with E-state index in [4.69, 9.17) is 0 Å². The predicted octanol–water partition coefficient (Wildman–Crippen LogP) is 1.69. The number of hydrogen-bond donors (Lipinski definition) is 3. The molecule has 1 aliphatic carbocycles. The SMILES string of the molecule is CC[C@H](NC(=O)N[C@H]1CCCC[C@@H]1NS(C)(=O)=O)c1ccncc1. The van der Waals surface area contributed by atoms with Gasteiger partial charge in [0.15, 0.2) is 0 Å². The van der Waals surface area contributed by atoms with Gasteiger partial charge in [0.2, 0.25) is 10.0 Å². The largest absolute Gasteiger partial charge is 0.334 e. The summed E-state index contributed by atoms with van der Waals surface area (Å²) in [6.07, 6.45) is 8.75. The summed E-state index contributed by atoms with van der Waals surface area (Å²) in [7, 11) is -3.29. The van der Waals surface area contributed by atoms with Crippen molar-refractivity contribution in [2.24, 2.45) is 0 Å². The second-order valence-corrected chi connectivity index (χ2v) is 8.03. The molecule has 8 heteroatoms. The van der Waals surface area contributed by atoms with Crippen LogP contribution in [0.25, 0.3) is 0 Å².